The second-order valence-electron chi connectivity index (χ2n) is 6.61. The van der Waals surface area contributed by atoms with Gasteiger partial charge in [0.2, 0.25) is 5.91 Å². The molecule has 2 aromatic rings. The van der Waals surface area contributed by atoms with Gasteiger partial charge in [-0.3, -0.25) is 4.79 Å². The highest BCUT2D eigenvalue weighted by atomic mass is 16.5. The van der Waals surface area contributed by atoms with Crippen LogP contribution < -0.4 is 15.1 Å². The molecule has 1 amide bonds. The second kappa shape index (κ2) is 8.41. The van der Waals surface area contributed by atoms with Gasteiger partial charge in [-0.05, 0) is 35.7 Å². The Morgan fingerprint density at radius 3 is 2.64 bits per heavy atom. The van der Waals surface area contributed by atoms with E-state index in [1.165, 1.54) is 18.2 Å². The molecule has 2 aromatic carbocycles. The number of phenols is 2. The molecule has 1 unspecified atom stereocenters. The highest BCUT2D eigenvalue weighted by Crippen LogP contribution is 2.30. The first-order valence-corrected chi connectivity index (χ1v) is 9.02. The second-order valence-corrected chi connectivity index (χ2v) is 6.61. The van der Waals surface area contributed by atoms with Gasteiger partial charge in [0.15, 0.2) is 11.5 Å². The van der Waals surface area contributed by atoms with Crippen LogP contribution in [0, 0.1) is 0 Å². The molecular formula is C19H23BN2O6. The van der Waals surface area contributed by atoms with Gasteiger partial charge in [0, 0.05) is 6.07 Å². The number of benzene rings is 2. The van der Waals surface area contributed by atoms with E-state index in [4.69, 9.17) is 20.1 Å². The third-order valence-corrected chi connectivity index (χ3v) is 4.73. The molecule has 0 saturated carbocycles. The third-order valence-electron chi connectivity index (χ3n) is 4.73. The van der Waals surface area contributed by atoms with Crippen molar-refractivity contribution in [3.63, 3.8) is 0 Å². The first-order valence-electron chi connectivity index (χ1n) is 9.02. The number of aromatic hydroxyl groups is 2. The number of ether oxygens (including phenoxy) is 1. The zero-order valence-corrected chi connectivity index (χ0v) is 15.5. The Balaban J connectivity index is 1.57. The Morgan fingerprint density at radius 1 is 1.25 bits per heavy atom. The Bertz CT molecular complexity index is 856. The first kappa shape index (κ1) is 19.8. The molecule has 3 rings (SSSR count). The van der Waals surface area contributed by atoms with E-state index in [1.54, 1.807) is 11.0 Å². The number of carbonyl (C=O) groups is 1. The molecule has 28 heavy (non-hydrogen) atoms. The molecule has 148 valence electrons. The molecule has 0 bridgehead atoms. The molecule has 9 heteroatoms. The van der Waals surface area contributed by atoms with Crippen molar-refractivity contribution in [1.29, 1.82) is 0 Å². The highest BCUT2D eigenvalue weighted by Gasteiger charge is 2.35. The van der Waals surface area contributed by atoms with Crippen LogP contribution in [0.25, 0.3) is 0 Å². The zero-order valence-electron chi connectivity index (χ0n) is 15.5. The Kier molecular flexibility index (Phi) is 5.96. The van der Waals surface area contributed by atoms with Crippen molar-refractivity contribution >= 4 is 13.6 Å². The van der Waals surface area contributed by atoms with Gasteiger partial charge in [0.05, 0.1) is 13.1 Å². The summed E-state index contributed by atoms with van der Waals surface area (Å²) in [6, 6.07) is 8.59. The molecule has 1 aliphatic rings. The van der Waals surface area contributed by atoms with Crippen LogP contribution in [0.5, 0.6) is 23.0 Å². The summed E-state index contributed by atoms with van der Waals surface area (Å²) in [6.07, 6.45) is 0.602. The Labute approximate surface area is 163 Å². The van der Waals surface area contributed by atoms with Crippen molar-refractivity contribution in [1.82, 2.24) is 4.90 Å². The molecule has 0 spiro atoms. The summed E-state index contributed by atoms with van der Waals surface area (Å²) in [5.41, 5.74) is 7.38. The van der Waals surface area contributed by atoms with Crippen molar-refractivity contribution in [3.05, 3.63) is 47.5 Å². The van der Waals surface area contributed by atoms with Gasteiger partial charge in [-0.15, -0.1) is 0 Å². The Hall–Kier alpha value is -2.91. The number of phenolic OH excluding ortho intramolecular Hbond substituents is 2. The fourth-order valence-corrected chi connectivity index (χ4v) is 3.06. The largest absolute Gasteiger partial charge is 0.538 e. The van der Waals surface area contributed by atoms with E-state index in [1.807, 2.05) is 19.1 Å². The van der Waals surface area contributed by atoms with Crippen LogP contribution in [0.2, 0.25) is 0 Å². The minimum absolute atomic E-state index is 0.168. The predicted molar refractivity (Wildman–Crippen MR) is 104 cm³/mol. The highest BCUT2D eigenvalue weighted by molar-refractivity contribution is 6.17. The molecule has 0 aromatic heterocycles. The van der Waals surface area contributed by atoms with E-state index >= 15 is 0 Å². The van der Waals surface area contributed by atoms with E-state index in [9.17, 15) is 15.0 Å². The van der Waals surface area contributed by atoms with Crippen LogP contribution in [0.4, 0.5) is 0 Å². The summed E-state index contributed by atoms with van der Waals surface area (Å²) in [4.78, 5) is 14.1. The van der Waals surface area contributed by atoms with E-state index in [0.29, 0.717) is 30.2 Å². The normalized spacial score (nSPS) is 14.9. The number of aryl methyl sites for hydroxylation is 1. The summed E-state index contributed by atoms with van der Waals surface area (Å²) >= 11 is 0. The molecule has 1 saturated heterocycles. The molecule has 5 N–H and O–H groups in total. The third kappa shape index (κ3) is 4.15. The maximum atomic E-state index is 12.5. The SMILES string of the molecule is CCc1ccc(OC2CN(C(=O)C(N)c3ccc(O)c(O)c3)C2)cc1OBO. The lowest BCUT2D eigenvalue weighted by Crippen LogP contribution is -2.58. The van der Waals surface area contributed by atoms with Crippen LogP contribution >= 0.6 is 0 Å². The molecule has 1 aliphatic heterocycles. The number of carbonyl (C=O) groups excluding carboxylic acids is 1. The van der Waals surface area contributed by atoms with Gasteiger partial charge >= 0.3 is 7.69 Å². The van der Waals surface area contributed by atoms with E-state index in [-0.39, 0.29) is 23.5 Å². The maximum absolute atomic E-state index is 12.5. The summed E-state index contributed by atoms with van der Waals surface area (Å²) < 4.78 is 11.1. The summed E-state index contributed by atoms with van der Waals surface area (Å²) in [5.74, 6) is 0.312. The average Bonchev–Trinajstić information content (AvgIpc) is 2.66. The smallest absolute Gasteiger partial charge is 0.504 e. The summed E-state index contributed by atoms with van der Waals surface area (Å²) in [7, 11) is -0.410. The monoisotopic (exact) mass is 386 g/mol. The molecule has 8 nitrogen and oxygen atoms in total. The van der Waals surface area contributed by atoms with Gasteiger partial charge in [0.1, 0.15) is 23.6 Å². The van der Waals surface area contributed by atoms with E-state index in [0.717, 1.165) is 12.0 Å². The van der Waals surface area contributed by atoms with Gasteiger partial charge < -0.3 is 35.3 Å². The lowest BCUT2D eigenvalue weighted by molar-refractivity contribution is -0.141. The number of hydrogen-bond acceptors (Lipinski definition) is 7. The summed E-state index contributed by atoms with van der Waals surface area (Å²) in [5, 5.41) is 27.9. The van der Waals surface area contributed by atoms with Gasteiger partial charge in [0.25, 0.3) is 0 Å². The van der Waals surface area contributed by atoms with Gasteiger partial charge in [-0.2, -0.15) is 0 Å². The maximum Gasteiger partial charge on any atom is 0.504 e. The van der Waals surface area contributed by atoms with Crippen LogP contribution in [0.1, 0.15) is 24.1 Å². The van der Waals surface area contributed by atoms with Crippen molar-refractivity contribution in [2.24, 2.45) is 5.73 Å². The van der Waals surface area contributed by atoms with Crippen molar-refractivity contribution in [3.8, 4) is 23.0 Å². The Morgan fingerprint density at radius 2 is 2.00 bits per heavy atom. The quantitative estimate of drug-likeness (QED) is 0.405. The zero-order chi connectivity index (χ0) is 20.3. The van der Waals surface area contributed by atoms with Crippen LogP contribution in [-0.2, 0) is 11.2 Å². The molecule has 1 atom stereocenters. The van der Waals surface area contributed by atoms with Crippen LogP contribution in [0.15, 0.2) is 36.4 Å². The molecule has 1 fully saturated rings. The lowest BCUT2D eigenvalue weighted by Gasteiger charge is -2.40. The molecule has 0 aliphatic carbocycles. The molecular weight excluding hydrogens is 363 g/mol. The number of nitrogens with two attached hydrogens (primary N) is 1. The number of amides is 1. The summed E-state index contributed by atoms with van der Waals surface area (Å²) in [6.45, 7) is 2.78. The van der Waals surface area contributed by atoms with Crippen molar-refractivity contribution in [2.45, 2.75) is 25.5 Å². The fourth-order valence-electron chi connectivity index (χ4n) is 3.06. The van der Waals surface area contributed by atoms with Crippen LogP contribution in [0.3, 0.4) is 0 Å². The van der Waals surface area contributed by atoms with E-state index < -0.39 is 13.7 Å². The number of hydrogen-bond donors (Lipinski definition) is 4. The number of rotatable bonds is 7. The molecule has 0 radical (unpaired) electrons. The van der Waals surface area contributed by atoms with Crippen molar-refractivity contribution < 1.29 is 29.4 Å². The number of likely N-dealkylation sites (tertiary alicyclic amines) is 1. The standard InChI is InChI=1S/C19H23BN2O6/c1-2-11-3-5-13(8-17(11)28-20-26)27-14-9-22(10-14)19(25)18(21)12-4-6-15(23)16(24)7-12/h3-8,14,18,20,23-24,26H,2,9-10,21H2,1H3. The molecule has 1 heterocycles. The van der Waals surface area contributed by atoms with Gasteiger partial charge in [-0.1, -0.05) is 19.1 Å². The first-order chi connectivity index (χ1) is 13.4. The van der Waals surface area contributed by atoms with Crippen molar-refractivity contribution in [2.75, 3.05) is 13.1 Å². The topological polar surface area (TPSA) is 125 Å². The minimum atomic E-state index is -0.930. The van der Waals surface area contributed by atoms with Gasteiger partial charge in [-0.25, -0.2) is 0 Å². The fraction of sp³-hybridized carbons (Fsp3) is 0.316. The predicted octanol–water partition coefficient (Wildman–Crippen LogP) is 0.587. The minimum Gasteiger partial charge on any atom is -0.538 e. The average molecular weight is 386 g/mol. The number of nitrogens with zero attached hydrogens (tertiary/aromatic N) is 1. The van der Waals surface area contributed by atoms with Crippen LogP contribution in [-0.4, -0.2) is 52.9 Å². The van der Waals surface area contributed by atoms with E-state index in [2.05, 4.69) is 0 Å². The lowest BCUT2D eigenvalue weighted by atomic mass is 10.0.